The van der Waals surface area contributed by atoms with Crippen LogP contribution in [0.5, 0.6) is 0 Å². The van der Waals surface area contributed by atoms with Crippen molar-refractivity contribution < 1.29 is 9.90 Å². The third-order valence-corrected chi connectivity index (χ3v) is 2.97. The van der Waals surface area contributed by atoms with E-state index in [4.69, 9.17) is 10.8 Å². The van der Waals surface area contributed by atoms with Crippen molar-refractivity contribution in [2.24, 2.45) is 5.73 Å². The highest BCUT2D eigenvalue weighted by Crippen LogP contribution is 2.22. The maximum atomic E-state index is 10.8. The smallest absolute Gasteiger partial charge is 0.314 e. The van der Waals surface area contributed by atoms with Crippen LogP contribution in [0.25, 0.3) is 0 Å². The molecule has 15 heavy (non-hydrogen) atoms. The number of aliphatic carboxylic acids is 1. The lowest BCUT2D eigenvalue weighted by Crippen LogP contribution is -2.20. The number of carbonyl (C=O) groups is 1. The predicted molar refractivity (Wildman–Crippen MR) is 58.9 cm³/mol. The van der Waals surface area contributed by atoms with Gasteiger partial charge in [0.2, 0.25) is 0 Å². The van der Waals surface area contributed by atoms with E-state index >= 15 is 0 Å². The third kappa shape index (κ3) is 3.26. The Hall–Kier alpha value is -0.980. The molecule has 1 aromatic heterocycles. The first-order valence-corrected chi connectivity index (χ1v) is 5.38. The molecule has 5 nitrogen and oxygen atoms in total. The topological polar surface area (TPSA) is 79.5 Å². The van der Waals surface area contributed by atoms with Crippen LogP contribution in [0, 0.1) is 0 Å². The van der Waals surface area contributed by atoms with Crippen molar-refractivity contribution in [3.8, 4) is 0 Å². The average Bonchev–Trinajstić information content (AvgIpc) is 2.52. The van der Waals surface area contributed by atoms with Gasteiger partial charge in [-0.25, -0.2) is 4.98 Å². The third-order valence-electron chi connectivity index (χ3n) is 1.88. The van der Waals surface area contributed by atoms with Gasteiger partial charge in [-0.1, -0.05) is 0 Å². The Balaban J connectivity index is 2.78. The van der Waals surface area contributed by atoms with E-state index in [1.54, 1.807) is 6.20 Å². The molecule has 1 rings (SSSR count). The van der Waals surface area contributed by atoms with Gasteiger partial charge in [0.1, 0.15) is 10.9 Å². The predicted octanol–water partition coefficient (Wildman–Crippen LogP) is 0.332. The van der Waals surface area contributed by atoms with Crippen LogP contribution in [0.4, 0.5) is 0 Å². The molecule has 1 atom stereocenters. The van der Waals surface area contributed by atoms with Crippen LogP contribution in [-0.2, 0) is 11.3 Å². The van der Waals surface area contributed by atoms with Crippen LogP contribution in [0.2, 0.25) is 0 Å². The molecule has 1 aromatic rings. The molecule has 0 saturated heterocycles. The van der Waals surface area contributed by atoms with E-state index in [9.17, 15) is 4.79 Å². The normalized spacial score (nSPS) is 13.1. The van der Waals surface area contributed by atoms with Crippen molar-refractivity contribution in [1.29, 1.82) is 0 Å². The Bertz CT molecular complexity index is 338. The van der Waals surface area contributed by atoms with Gasteiger partial charge >= 0.3 is 5.97 Å². The summed E-state index contributed by atoms with van der Waals surface area (Å²) in [6.07, 6.45) is 1.71. The van der Waals surface area contributed by atoms with Crippen molar-refractivity contribution >= 4 is 17.3 Å². The largest absolute Gasteiger partial charge is 0.481 e. The fraction of sp³-hybridized carbons (Fsp3) is 0.556. The number of hydrogen-bond acceptors (Lipinski definition) is 5. The second kappa shape index (κ2) is 5.20. The van der Waals surface area contributed by atoms with Gasteiger partial charge in [-0.15, -0.1) is 11.3 Å². The van der Waals surface area contributed by atoms with Gasteiger partial charge in [0, 0.05) is 24.2 Å². The number of rotatable bonds is 5. The lowest BCUT2D eigenvalue weighted by atomic mass is 10.2. The zero-order valence-corrected chi connectivity index (χ0v) is 9.62. The van der Waals surface area contributed by atoms with Gasteiger partial charge in [0.15, 0.2) is 0 Å². The molecule has 3 N–H and O–H groups in total. The van der Waals surface area contributed by atoms with Gasteiger partial charge in [0.05, 0.1) is 0 Å². The molecule has 1 unspecified atom stereocenters. The maximum absolute atomic E-state index is 10.8. The minimum absolute atomic E-state index is 0.0876. The number of hydrogen-bond donors (Lipinski definition) is 2. The first-order chi connectivity index (χ1) is 7.04. The minimum atomic E-state index is -0.914. The van der Waals surface area contributed by atoms with Crippen LogP contribution >= 0.6 is 11.3 Å². The fourth-order valence-electron chi connectivity index (χ4n) is 1.18. The quantitative estimate of drug-likeness (QED) is 0.760. The second-order valence-corrected chi connectivity index (χ2v) is 4.68. The zero-order chi connectivity index (χ0) is 11.4. The first kappa shape index (κ1) is 12.1. The van der Waals surface area contributed by atoms with Crippen LogP contribution in [0.3, 0.4) is 0 Å². The summed E-state index contributed by atoms with van der Waals surface area (Å²) < 4.78 is 0. The van der Waals surface area contributed by atoms with Crippen molar-refractivity contribution in [2.45, 2.75) is 12.5 Å². The molecule has 0 fully saturated rings. The standard InChI is InChI=1S/C9H15N3O2S/c1-12(2)5-6-4-11-8(15-6)7(3-10)9(13)14/h4,7H,3,5,10H2,1-2H3,(H,13,14). The second-order valence-electron chi connectivity index (χ2n) is 3.53. The monoisotopic (exact) mass is 229 g/mol. The summed E-state index contributed by atoms with van der Waals surface area (Å²) >= 11 is 1.41. The number of nitrogens with zero attached hydrogens (tertiary/aromatic N) is 2. The molecular formula is C9H15N3O2S. The van der Waals surface area contributed by atoms with Crippen LogP contribution in [-0.4, -0.2) is 41.6 Å². The molecule has 84 valence electrons. The Morgan fingerprint density at radius 3 is 2.87 bits per heavy atom. The molecule has 0 radical (unpaired) electrons. The summed E-state index contributed by atoms with van der Waals surface area (Å²) in [7, 11) is 3.91. The highest BCUT2D eigenvalue weighted by molar-refractivity contribution is 7.11. The number of thiazole rings is 1. The van der Waals surface area contributed by atoms with Crippen molar-refractivity contribution in [2.75, 3.05) is 20.6 Å². The summed E-state index contributed by atoms with van der Waals surface area (Å²) in [6, 6.07) is 0. The molecule has 6 heteroatoms. The summed E-state index contributed by atoms with van der Waals surface area (Å²) in [5, 5.41) is 9.48. The molecule has 0 aromatic carbocycles. The molecule has 0 aliphatic heterocycles. The molecule has 0 aliphatic rings. The number of carboxylic acid groups (broad SMARTS) is 1. The van der Waals surface area contributed by atoms with Crippen LogP contribution < -0.4 is 5.73 Å². The molecule has 1 heterocycles. The summed E-state index contributed by atoms with van der Waals surface area (Å²) in [5.74, 6) is -1.59. The fourth-order valence-corrected chi connectivity index (χ4v) is 2.32. The Morgan fingerprint density at radius 2 is 2.40 bits per heavy atom. The van der Waals surface area contributed by atoms with E-state index in [1.807, 2.05) is 19.0 Å². The summed E-state index contributed by atoms with van der Waals surface area (Å²) in [6.45, 7) is 0.860. The molecular weight excluding hydrogens is 214 g/mol. The number of carboxylic acids is 1. The van der Waals surface area contributed by atoms with E-state index < -0.39 is 11.9 Å². The summed E-state index contributed by atoms with van der Waals surface area (Å²) in [4.78, 5) is 18.0. The minimum Gasteiger partial charge on any atom is -0.481 e. The van der Waals surface area contributed by atoms with Gasteiger partial charge in [-0.05, 0) is 14.1 Å². The van der Waals surface area contributed by atoms with Crippen molar-refractivity contribution in [1.82, 2.24) is 9.88 Å². The lowest BCUT2D eigenvalue weighted by Gasteiger charge is -2.06. The van der Waals surface area contributed by atoms with E-state index in [2.05, 4.69) is 4.98 Å². The Morgan fingerprint density at radius 1 is 1.73 bits per heavy atom. The van der Waals surface area contributed by atoms with Gasteiger partial charge in [-0.3, -0.25) is 4.79 Å². The zero-order valence-electron chi connectivity index (χ0n) is 8.80. The van der Waals surface area contributed by atoms with E-state index in [0.29, 0.717) is 5.01 Å². The van der Waals surface area contributed by atoms with Crippen molar-refractivity contribution in [3.63, 3.8) is 0 Å². The molecule has 0 spiro atoms. The Labute approximate surface area is 92.5 Å². The van der Waals surface area contributed by atoms with Gasteiger partial charge < -0.3 is 15.7 Å². The maximum Gasteiger partial charge on any atom is 0.314 e. The summed E-state index contributed by atoms with van der Waals surface area (Å²) in [5.41, 5.74) is 5.39. The SMILES string of the molecule is CN(C)Cc1cnc(C(CN)C(=O)O)s1. The lowest BCUT2D eigenvalue weighted by molar-refractivity contribution is -0.138. The van der Waals surface area contributed by atoms with Crippen LogP contribution in [0.15, 0.2) is 6.20 Å². The van der Waals surface area contributed by atoms with E-state index in [0.717, 1.165) is 11.4 Å². The van der Waals surface area contributed by atoms with Gasteiger partial charge in [0.25, 0.3) is 0 Å². The first-order valence-electron chi connectivity index (χ1n) is 4.56. The highest BCUT2D eigenvalue weighted by Gasteiger charge is 2.21. The average molecular weight is 229 g/mol. The molecule has 0 bridgehead atoms. The van der Waals surface area contributed by atoms with Crippen molar-refractivity contribution in [3.05, 3.63) is 16.1 Å². The van der Waals surface area contributed by atoms with E-state index in [1.165, 1.54) is 11.3 Å². The Kier molecular flexibility index (Phi) is 4.19. The van der Waals surface area contributed by atoms with Gasteiger partial charge in [-0.2, -0.15) is 0 Å². The van der Waals surface area contributed by atoms with E-state index in [-0.39, 0.29) is 6.54 Å². The molecule has 0 amide bonds. The number of nitrogens with two attached hydrogens (primary N) is 1. The molecule has 0 aliphatic carbocycles. The highest BCUT2D eigenvalue weighted by atomic mass is 32.1. The number of aromatic nitrogens is 1. The van der Waals surface area contributed by atoms with Crippen LogP contribution in [0.1, 0.15) is 15.8 Å². The molecule has 0 saturated carbocycles.